The molecule has 2 N–H and O–H groups in total. The second-order valence-corrected chi connectivity index (χ2v) is 4.64. The zero-order chi connectivity index (χ0) is 12.3. The predicted octanol–water partition coefficient (Wildman–Crippen LogP) is 2.87. The first-order chi connectivity index (χ1) is 8.19. The van der Waals surface area contributed by atoms with Crippen molar-refractivity contribution >= 4 is 17.4 Å². The topological polar surface area (TPSA) is 61.3 Å². The van der Waals surface area contributed by atoms with Crippen molar-refractivity contribution in [2.45, 2.75) is 17.6 Å². The predicted molar refractivity (Wildman–Crippen MR) is 68.2 cm³/mol. The standard InChI is InChI=1S/C12H14N2O2S/c1-8-5-10(16-14-8)7-17-12-6-9(15-2)3-4-11(12)13/h3-6H,7,13H2,1-2H3. The van der Waals surface area contributed by atoms with Crippen molar-refractivity contribution in [3.63, 3.8) is 0 Å². The summed E-state index contributed by atoms with van der Waals surface area (Å²) >= 11 is 1.60. The van der Waals surface area contributed by atoms with Gasteiger partial charge >= 0.3 is 0 Å². The fraction of sp³-hybridized carbons (Fsp3) is 0.250. The molecule has 0 aliphatic carbocycles. The molecule has 0 saturated carbocycles. The van der Waals surface area contributed by atoms with Crippen molar-refractivity contribution in [1.82, 2.24) is 5.16 Å². The smallest absolute Gasteiger partial charge is 0.147 e. The highest BCUT2D eigenvalue weighted by Gasteiger charge is 2.06. The lowest BCUT2D eigenvalue weighted by atomic mass is 10.3. The average molecular weight is 250 g/mol. The molecule has 0 spiro atoms. The lowest BCUT2D eigenvalue weighted by Gasteiger charge is -2.06. The molecule has 0 aliphatic heterocycles. The Morgan fingerprint density at radius 2 is 2.24 bits per heavy atom. The van der Waals surface area contributed by atoms with Crippen LogP contribution in [0.5, 0.6) is 5.75 Å². The van der Waals surface area contributed by atoms with Gasteiger partial charge in [0.05, 0.1) is 18.6 Å². The summed E-state index contributed by atoms with van der Waals surface area (Å²) in [5.41, 5.74) is 7.52. The van der Waals surface area contributed by atoms with Crippen LogP contribution in [0.4, 0.5) is 5.69 Å². The Morgan fingerprint density at radius 1 is 1.41 bits per heavy atom. The van der Waals surface area contributed by atoms with E-state index >= 15 is 0 Å². The fourth-order valence-electron chi connectivity index (χ4n) is 1.40. The van der Waals surface area contributed by atoms with E-state index in [2.05, 4.69) is 5.16 Å². The molecule has 0 atom stereocenters. The highest BCUT2D eigenvalue weighted by Crippen LogP contribution is 2.31. The second-order valence-electron chi connectivity index (χ2n) is 3.63. The van der Waals surface area contributed by atoms with Crippen molar-refractivity contribution in [3.8, 4) is 5.75 Å². The van der Waals surface area contributed by atoms with Crippen LogP contribution in [0, 0.1) is 6.92 Å². The Labute approximate surface area is 104 Å². The number of aromatic nitrogens is 1. The molecular weight excluding hydrogens is 236 g/mol. The molecule has 1 aromatic heterocycles. The van der Waals surface area contributed by atoms with Gasteiger partial charge in [-0.2, -0.15) is 0 Å². The highest BCUT2D eigenvalue weighted by molar-refractivity contribution is 7.98. The van der Waals surface area contributed by atoms with Gasteiger partial charge < -0.3 is 15.0 Å². The van der Waals surface area contributed by atoms with E-state index in [9.17, 15) is 0 Å². The summed E-state index contributed by atoms with van der Waals surface area (Å²) in [5, 5.41) is 3.84. The van der Waals surface area contributed by atoms with Gasteiger partial charge in [0, 0.05) is 16.6 Å². The maximum Gasteiger partial charge on any atom is 0.147 e. The lowest BCUT2D eigenvalue weighted by molar-refractivity contribution is 0.391. The third kappa shape index (κ3) is 2.94. The van der Waals surface area contributed by atoms with Gasteiger partial charge in [-0.3, -0.25) is 0 Å². The highest BCUT2D eigenvalue weighted by atomic mass is 32.2. The average Bonchev–Trinajstić information content (AvgIpc) is 2.74. The zero-order valence-corrected chi connectivity index (χ0v) is 10.6. The van der Waals surface area contributed by atoms with Gasteiger partial charge in [0.15, 0.2) is 0 Å². The number of methoxy groups -OCH3 is 1. The number of aryl methyl sites for hydroxylation is 1. The van der Waals surface area contributed by atoms with Crippen molar-refractivity contribution in [2.75, 3.05) is 12.8 Å². The van der Waals surface area contributed by atoms with Gasteiger partial charge in [0.1, 0.15) is 11.5 Å². The van der Waals surface area contributed by atoms with Gasteiger partial charge in [-0.15, -0.1) is 11.8 Å². The van der Waals surface area contributed by atoms with Crippen molar-refractivity contribution < 1.29 is 9.26 Å². The van der Waals surface area contributed by atoms with Gasteiger partial charge in [0.25, 0.3) is 0 Å². The van der Waals surface area contributed by atoms with E-state index in [1.807, 2.05) is 31.2 Å². The van der Waals surface area contributed by atoms with E-state index in [4.69, 9.17) is 15.0 Å². The van der Waals surface area contributed by atoms with Crippen LogP contribution in [0.3, 0.4) is 0 Å². The van der Waals surface area contributed by atoms with E-state index in [-0.39, 0.29) is 0 Å². The van der Waals surface area contributed by atoms with E-state index in [1.165, 1.54) is 0 Å². The molecule has 0 fully saturated rings. The number of nitrogens with zero attached hydrogens (tertiary/aromatic N) is 1. The van der Waals surface area contributed by atoms with Crippen molar-refractivity contribution in [1.29, 1.82) is 0 Å². The van der Waals surface area contributed by atoms with Gasteiger partial charge in [-0.25, -0.2) is 0 Å². The Balaban J connectivity index is 2.07. The van der Waals surface area contributed by atoms with E-state index in [0.29, 0.717) is 5.75 Å². The molecule has 4 nitrogen and oxygen atoms in total. The van der Waals surface area contributed by atoms with Crippen LogP contribution >= 0.6 is 11.8 Å². The van der Waals surface area contributed by atoms with Crippen LogP contribution in [-0.4, -0.2) is 12.3 Å². The Morgan fingerprint density at radius 3 is 2.88 bits per heavy atom. The molecule has 0 saturated heterocycles. The van der Waals surface area contributed by atoms with Crippen LogP contribution in [0.15, 0.2) is 33.7 Å². The normalized spacial score (nSPS) is 10.5. The van der Waals surface area contributed by atoms with E-state index in [1.54, 1.807) is 18.9 Å². The third-order valence-electron chi connectivity index (χ3n) is 2.27. The molecule has 1 heterocycles. The van der Waals surface area contributed by atoms with E-state index < -0.39 is 0 Å². The Hall–Kier alpha value is -1.62. The number of hydrogen-bond donors (Lipinski definition) is 1. The number of nitrogen functional groups attached to an aromatic ring is 1. The van der Waals surface area contributed by atoms with Crippen molar-refractivity contribution in [3.05, 3.63) is 35.7 Å². The number of rotatable bonds is 4. The quantitative estimate of drug-likeness (QED) is 0.667. The molecule has 0 aliphatic rings. The lowest BCUT2D eigenvalue weighted by Crippen LogP contribution is -1.90. The number of hydrogen-bond acceptors (Lipinski definition) is 5. The molecule has 2 aromatic rings. The van der Waals surface area contributed by atoms with Crippen LogP contribution in [-0.2, 0) is 5.75 Å². The van der Waals surface area contributed by atoms with Gasteiger partial charge in [0.2, 0.25) is 0 Å². The number of thioether (sulfide) groups is 1. The molecular formula is C12H14N2O2S. The molecule has 0 bridgehead atoms. The summed E-state index contributed by atoms with van der Waals surface area (Å²) in [5.74, 6) is 2.35. The summed E-state index contributed by atoms with van der Waals surface area (Å²) < 4.78 is 10.3. The monoisotopic (exact) mass is 250 g/mol. The first-order valence-electron chi connectivity index (χ1n) is 5.17. The van der Waals surface area contributed by atoms with Crippen LogP contribution in [0.25, 0.3) is 0 Å². The largest absolute Gasteiger partial charge is 0.497 e. The number of ether oxygens (including phenoxy) is 1. The summed E-state index contributed by atoms with van der Waals surface area (Å²) in [6.45, 7) is 1.90. The first-order valence-corrected chi connectivity index (χ1v) is 6.16. The van der Waals surface area contributed by atoms with Crippen LogP contribution < -0.4 is 10.5 Å². The SMILES string of the molecule is COc1ccc(N)c(SCc2cc(C)no2)c1. The summed E-state index contributed by atoms with van der Waals surface area (Å²) in [6.07, 6.45) is 0. The molecule has 1 aromatic carbocycles. The minimum absolute atomic E-state index is 0.707. The van der Waals surface area contributed by atoms with Gasteiger partial charge in [-0.1, -0.05) is 5.16 Å². The Bertz CT molecular complexity index is 511. The second kappa shape index (κ2) is 5.14. The van der Waals surface area contributed by atoms with Crippen LogP contribution in [0.2, 0.25) is 0 Å². The summed E-state index contributed by atoms with van der Waals surface area (Å²) in [4.78, 5) is 0.985. The minimum Gasteiger partial charge on any atom is -0.497 e. The molecule has 0 radical (unpaired) electrons. The maximum atomic E-state index is 5.89. The Kier molecular flexibility index (Phi) is 3.58. The number of nitrogens with two attached hydrogens (primary N) is 1. The molecule has 0 unspecified atom stereocenters. The number of benzene rings is 1. The summed E-state index contributed by atoms with van der Waals surface area (Å²) in [6, 6.07) is 7.53. The maximum absolute atomic E-state index is 5.89. The molecule has 5 heteroatoms. The molecule has 0 amide bonds. The van der Waals surface area contributed by atoms with Gasteiger partial charge in [-0.05, 0) is 25.1 Å². The summed E-state index contributed by atoms with van der Waals surface area (Å²) in [7, 11) is 1.64. The zero-order valence-electron chi connectivity index (χ0n) is 9.77. The number of anilines is 1. The fourth-order valence-corrected chi connectivity index (χ4v) is 2.27. The third-order valence-corrected chi connectivity index (χ3v) is 3.36. The minimum atomic E-state index is 0.707. The molecule has 17 heavy (non-hydrogen) atoms. The molecule has 90 valence electrons. The van der Waals surface area contributed by atoms with Crippen molar-refractivity contribution in [2.24, 2.45) is 0 Å². The van der Waals surface area contributed by atoms with E-state index in [0.717, 1.165) is 27.8 Å². The van der Waals surface area contributed by atoms with Crippen LogP contribution in [0.1, 0.15) is 11.5 Å². The first kappa shape index (κ1) is 11.9. The molecule has 2 rings (SSSR count).